The smallest absolute Gasteiger partial charge is 0.324 e. The summed E-state index contributed by atoms with van der Waals surface area (Å²) < 4.78 is 6.02. The van der Waals surface area contributed by atoms with Crippen LogP contribution >= 0.6 is 11.6 Å². The van der Waals surface area contributed by atoms with Crippen LogP contribution in [0.3, 0.4) is 0 Å². The molecule has 0 radical (unpaired) electrons. The number of urea groups is 1. The summed E-state index contributed by atoms with van der Waals surface area (Å²) in [4.78, 5) is 26.9. The highest BCUT2D eigenvalue weighted by molar-refractivity contribution is 6.30. The fraction of sp³-hybridized carbons (Fsp3) is 0.529. The van der Waals surface area contributed by atoms with Gasteiger partial charge in [-0.15, -0.1) is 0 Å². The van der Waals surface area contributed by atoms with Gasteiger partial charge >= 0.3 is 6.03 Å². The van der Waals surface area contributed by atoms with E-state index in [2.05, 4.69) is 24.1 Å². The van der Waals surface area contributed by atoms with E-state index in [-0.39, 0.29) is 30.1 Å². The number of carbonyl (C=O) groups is 2. The van der Waals surface area contributed by atoms with Gasteiger partial charge in [-0.3, -0.25) is 14.6 Å². The molecule has 2 aliphatic rings. The van der Waals surface area contributed by atoms with Crippen LogP contribution in [0.1, 0.15) is 25.5 Å². The van der Waals surface area contributed by atoms with E-state index in [4.69, 9.17) is 16.3 Å². The monoisotopic (exact) mass is 351 g/mol. The molecule has 2 fully saturated rings. The van der Waals surface area contributed by atoms with E-state index in [0.717, 1.165) is 5.56 Å². The molecule has 1 unspecified atom stereocenters. The first kappa shape index (κ1) is 17.2. The van der Waals surface area contributed by atoms with Crippen LogP contribution in [0, 0.1) is 0 Å². The average molecular weight is 352 g/mol. The first-order chi connectivity index (χ1) is 11.4. The molecular weight excluding hydrogens is 330 g/mol. The van der Waals surface area contributed by atoms with Gasteiger partial charge in [0.1, 0.15) is 0 Å². The molecule has 0 aromatic heterocycles. The Hall–Kier alpha value is -1.63. The van der Waals surface area contributed by atoms with Crippen LogP contribution in [0.5, 0.6) is 0 Å². The molecular formula is C17H22ClN3O3. The average Bonchev–Trinajstić information content (AvgIpc) is 2.85. The first-order valence-corrected chi connectivity index (χ1v) is 8.45. The number of imide groups is 1. The molecule has 6 nitrogen and oxygen atoms in total. The number of nitrogens with zero attached hydrogens (tertiary/aromatic N) is 2. The largest absolute Gasteiger partial charge is 0.370 e. The van der Waals surface area contributed by atoms with Gasteiger partial charge in [0.15, 0.2) is 0 Å². The summed E-state index contributed by atoms with van der Waals surface area (Å²) >= 11 is 6.08. The third-order valence-electron chi connectivity index (χ3n) is 4.63. The number of morpholine rings is 1. The van der Waals surface area contributed by atoms with Crippen LogP contribution in [0.25, 0.3) is 0 Å². The van der Waals surface area contributed by atoms with Gasteiger partial charge in [-0.25, -0.2) is 4.79 Å². The third-order valence-corrected chi connectivity index (χ3v) is 4.87. The summed E-state index contributed by atoms with van der Waals surface area (Å²) in [7, 11) is 0. The van der Waals surface area contributed by atoms with Crippen LogP contribution in [0.4, 0.5) is 4.79 Å². The quantitative estimate of drug-likeness (QED) is 0.843. The number of carbonyl (C=O) groups excluding carboxylic acids is 2. The van der Waals surface area contributed by atoms with Crippen molar-refractivity contribution in [3.63, 3.8) is 0 Å². The van der Waals surface area contributed by atoms with Gasteiger partial charge in [0.2, 0.25) is 5.91 Å². The number of benzene rings is 1. The van der Waals surface area contributed by atoms with Gasteiger partial charge in [0.05, 0.1) is 19.3 Å². The third kappa shape index (κ3) is 3.55. The fourth-order valence-corrected chi connectivity index (χ4v) is 3.30. The summed E-state index contributed by atoms with van der Waals surface area (Å²) in [6.07, 6.45) is -0.0696. The van der Waals surface area contributed by atoms with Gasteiger partial charge < -0.3 is 10.1 Å². The van der Waals surface area contributed by atoms with Crippen molar-refractivity contribution in [2.24, 2.45) is 0 Å². The van der Waals surface area contributed by atoms with E-state index >= 15 is 0 Å². The molecule has 1 N–H and O–H groups in total. The van der Waals surface area contributed by atoms with Crippen molar-refractivity contribution in [3.8, 4) is 0 Å². The van der Waals surface area contributed by atoms with Crippen molar-refractivity contribution in [1.82, 2.24) is 15.1 Å². The number of hydrogen-bond donors (Lipinski definition) is 1. The second kappa shape index (κ2) is 6.70. The van der Waals surface area contributed by atoms with Crippen molar-refractivity contribution in [3.05, 3.63) is 34.9 Å². The lowest BCUT2D eigenvalue weighted by molar-refractivity contribution is -0.126. The number of ether oxygens (including phenoxy) is 1. The van der Waals surface area contributed by atoms with Crippen LogP contribution in [0.2, 0.25) is 5.02 Å². The maximum atomic E-state index is 11.7. The lowest BCUT2D eigenvalue weighted by atomic mass is 9.98. The van der Waals surface area contributed by atoms with Gasteiger partial charge in [0.25, 0.3) is 0 Å². The molecule has 130 valence electrons. The van der Waals surface area contributed by atoms with Crippen molar-refractivity contribution in [2.45, 2.75) is 25.5 Å². The van der Waals surface area contributed by atoms with E-state index in [1.54, 1.807) is 0 Å². The SMILES string of the molecule is CC1(C)COC(c2cccc(Cl)c2)CN1CCN1C(=O)CNC1=O. The molecule has 3 rings (SSSR count). The minimum atomic E-state index is -0.308. The highest BCUT2D eigenvalue weighted by atomic mass is 35.5. The number of halogens is 1. The van der Waals surface area contributed by atoms with E-state index in [1.807, 2.05) is 24.3 Å². The Labute approximate surface area is 146 Å². The molecule has 2 heterocycles. The summed E-state index contributed by atoms with van der Waals surface area (Å²) in [6.45, 7) is 6.57. The summed E-state index contributed by atoms with van der Waals surface area (Å²) in [5, 5.41) is 3.24. The zero-order chi connectivity index (χ0) is 17.3. The molecule has 0 aliphatic carbocycles. The fourth-order valence-electron chi connectivity index (χ4n) is 3.10. The number of rotatable bonds is 4. The molecule has 3 amide bonds. The van der Waals surface area contributed by atoms with E-state index in [9.17, 15) is 9.59 Å². The van der Waals surface area contributed by atoms with E-state index in [1.165, 1.54) is 4.90 Å². The topological polar surface area (TPSA) is 61.9 Å². The highest BCUT2D eigenvalue weighted by Crippen LogP contribution is 2.31. The minimum Gasteiger partial charge on any atom is -0.370 e. The maximum Gasteiger partial charge on any atom is 0.324 e. The minimum absolute atomic E-state index is 0.0696. The second-order valence-electron chi connectivity index (χ2n) is 6.82. The van der Waals surface area contributed by atoms with Crippen LogP contribution < -0.4 is 5.32 Å². The van der Waals surface area contributed by atoms with Crippen LogP contribution in [-0.4, -0.2) is 60.1 Å². The zero-order valence-electron chi connectivity index (χ0n) is 13.9. The van der Waals surface area contributed by atoms with Crippen molar-refractivity contribution >= 4 is 23.5 Å². The normalized spacial score (nSPS) is 24.3. The Kier molecular flexibility index (Phi) is 4.80. The molecule has 7 heteroatoms. The van der Waals surface area contributed by atoms with E-state index < -0.39 is 0 Å². The van der Waals surface area contributed by atoms with Crippen molar-refractivity contribution in [1.29, 1.82) is 0 Å². The molecule has 24 heavy (non-hydrogen) atoms. The highest BCUT2D eigenvalue weighted by Gasteiger charge is 2.37. The molecule has 1 aromatic rings. The Morgan fingerprint density at radius 3 is 2.79 bits per heavy atom. The lowest BCUT2D eigenvalue weighted by Crippen LogP contribution is -2.55. The number of amides is 3. The van der Waals surface area contributed by atoms with Gasteiger partial charge in [0, 0.05) is 30.2 Å². The Morgan fingerprint density at radius 1 is 1.33 bits per heavy atom. The Morgan fingerprint density at radius 2 is 2.12 bits per heavy atom. The Bertz CT molecular complexity index is 634. The first-order valence-electron chi connectivity index (χ1n) is 8.07. The van der Waals surface area contributed by atoms with E-state index in [0.29, 0.717) is 31.3 Å². The standard InChI is InChI=1S/C17H22ClN3O3/c1-17(2)11-24-14(12-4-3-5-13(18)8-12)10-20(17)6-7-21-15(22)9-19-16(21)23/h3-5,8,14H,6-7,9-11H2,1-2H3,(H,19,23). The molecule has 0 spiro atoms. The molecule has 0 saturated carbocycles. The van der Waals surface area contributed by atoms with Gasteiger partial charge in [-0.2, -0.15) is 0 Å². The predicted molar refractivity (Wildman–Crippen MR) is 90.9 cm³/mol. The van der Waals surface area contributed by atoms with Gasteiger partial charge in [-0.05, 0) is 31.5 Å². The van der Waals surface area contributed by atoms with Crippen LogP contribution in [0.15, 0.2) is 24.3 Å². The molecule has 1 atom stereocenters. The summed E-state index contributed by atoms with van der Waals surface area (Å²) in [5.41, 5.74) is 0.881. The molecule has 0 bridgehead atoms. The zero-order valence-corrected chi connectivity index (χ0v) is 14.7. The summed E-state index contributed by atoms with van der Waals surface area (Å²) in [6, 6.07) is 7.37. The van der Waals surface area contributed by atoms with Crippen LogP contribution in [-0.2, 0) is 9.53 Å². The lowest BCUT2D eigenvalue weighted by Gasteiger charge is -2.45. The maximum absolute atomic E-state index is 11.7. The molecule has 2 aliphatic heterocycles. The second-order valence-corrected chi connectivity index (χ2v) is 7.25. The number of hydrogen-bond acceptors (Lipinski definition) is 4. The Balaban J connectivity index is 1.68. The summed E-state index contributed by atoms with van der Waals surface area (Å²) in [5.74, 6) is -0.169. The molecule has 2 saturated heterocycles. The predicted octanol–water partition coefficient (Wildman–Crippen LogP) is 2.04. The van der Waals surface area contributed by atoms with Crippen molar-refractivity contribution in [2.75, 3.05) is 32.8 Å². The van der Waals surface area contributed by atoms with Gasteiger partial charge in [-0.1, -0.05) is 23.7 Å². The molecule has 1 aromatic carbocycles. The van der Waals surface area contributed by atoms with Crippen molar-refractivity contribution < 1.29 is 14.3 Å². The number of nitrogens with one attached hydrogen (secondary N) is 1.